The minimum Gasteiger partial charge on any atom is -0.489 e. The van der Waals surface area contributed by atoms with Gasteiger partial charge in [-0.15, -0.1) is 11.8 Å². The van der Waals surface area contributed by atoms with Crippen molar-refractivity contribution in [2.24, 2.45) is 29.6 Å². The molecule has 2 amide bonds. The van der Waals surface area contributed by atoms with Crippen LogP contribution in [0.15, 0.2) is 82.6 Å². The van der Waals surface area contributed by atoms with Crippen LogP contribution in [-0.2, 0) is 16.2 Å². The molecule has 7 atom stereocenters. The summed E-state index contributed by atoms with van der Waals surface area (Å²) in [7, 11) is 0. The normalized spacial score (nSPS) is 29.0. The number of anilines is 1. The highest BCUT2D eigenvalue weighted by molar-refractivity contribution is 8.00. The Morgan fingerprint density at radius 2 is 1.64 bits per heavy atom. The lowest BCUT2D eigenvalue weighted by molar-refractivity contribution is -0.123. The summed E-state index contributed by atoms with van der Waals surface area (Å²) in [5.41, 5.74) is 2.38. The number of thioether (sulfide) groups is 1. The highest BCUT2D eigenvalue weighted by Crippen LogP contribution is 2.69. The molecule has 4 aliphatic rings. The molecule has 2 aliphatic heterocycles. The Morgan fingerprint density at radius 1 is 0.929 bits per heavy atom. The Bertz CT molecular complexity index is 1790. The van der Waals surface area contributed by atoms with Gasteiger partial charge in [-0.25, -0.2) is 4.39 Å². The molecule has 10 heteroatoms. The Kier molecular flexibility index (Phi) is 6.14. The molecule has 2 bridgehead atoms. The van der Waals surface area contributed by atoms with Gasteiger partial charge in [0.15, 0.2) is 0 Å². The molecular weight excluding hydrogens is 595 g/mol. The standard InChI is InChI=1S/C32H24ClFN2O4S2/c33-16-7-5-15(6-8-16)14-40-22-4-2-1-3-19(22)23-24-20-13-21(27(24)41-29-28(23)42-32(39)35-29)26-25(20)30(37)36(31(26)38)18-11-9-17(34)10-12-18/h1-12,20-21,23-27H,13-14H2,(H,35,39)/t20?,21?,23-,24?,25?,26?,27?/m1/s1. The molecule has 1 saturated heterocycles. The predicted octanol–water partition coefficient (Wildman–Crippen LogP) is 6.49. The van der Waals surface area contributed by atoms with E-state index in [2.05, 4.69) is 11.1 Å². The molecule has 8 rings (SSSR count). The van der Waals surface area contributed by atoms with Crippen molar-refractivity contribution >= 4 is 52.2 Å². The average molecular weight is 619 g/mol. The molecule has 4 aromatic rings. The number of hydrogen-bond acceptors (Lipinski definition) is 6. The van der Waals surface area contributed by atoms with Crippen LogP contribution in [0.25, 0.3) is 0 Å². The Morgan fingerprint density at radius 3 is 2.40 bits per heavy atom. The van der Waals surface area contributed by atoms with Crippen molar-refractivity contribution in [1.82, 2.24) is 4.98 Å². The number of nitrogens with zero attached hydrogens (tertiary/aromatic N) is 1. The molecule has 42 heavy (non-hydrogen) atoms. The summed E-state index contributed by atoms with van der Waals surface area (Å²) in [4.78, 5) is 45.5. The Labute approximate surface area is 253 Å². The van der Waals surface area contributed by atoms with Crippen LogP contribution in [0.4, 0.5) is 10.1 Å². The number of nitrogens with one attached hydrogen (secondary N) is 1. The van der Waals surface area contributed by atoms with Crippen LogP contribution in [0.1, 0.15) is 28.3 Å². The highest BCUT2D eigenvalue weighted by Gasteiger charge is 2.69. The minimum atomic E-state index is -0.434. The van der Waals surface area contributed by atoms with Crippen molar-refractivity contribution in [2.75, 3.05) is 4.90 Å². The molecule has 3 heterocycles. The van der Waals surface area contributed by atoms with Gasteiger partial charge in [-0.1, -0.05) is 53.3 Å². The molecule has 0 spiro atoms. The number of carbonyl (C=O) groups excluding carboxylic acids is 2. The summed E-state index contributed by atoms with van der Waals surface area (Å²) in [5, 5.41) is 1.57. The van der Waals surface area contributed by atoms with Crippen molar-refractivity contribution in [3.05, 3.63) is 109 Å². The van der Waals surface area contributed by atoms with E-state index in [1.54, 1.807) is 11.8 Å². The topological polar surface area (TPSA) is 79.5 Å². The monoisotopic (exact) mass is 618 g/mol. The molecule has 2 saturated carbocycles. The van der Waals surface area contributed by atoms with Crippen LogP contribution in [-0.4, -0.2) is 22.0 Å². The second-order valence-electron chi connectivity index (χ2n) is 11.4. The van der Waals surface area contributed by atoms with E-state index in [9.17, 15) is 18.8 Å². The van der Waals surface area contributed by atoms with Crippen molar-refractivity contribution in [3.8, 4) is 5.75 Å². The molecule has 6 unspecified atom stereocenters. The molecule has 212 valence electrons. The smallest absolute Gasteiger partial charge is 0.305 e. The third-order valence-electron chi connectivity index (χ3n) is 9.37. The highest BCUT2D eigenvalue weighted by atomic mass is 35.5. The molecule has 2 aliphatic carbocycles. The number of H-pyrrole nitrogens is 1. The number of rotatable bonds is 5. The van der Waals surface area contributed by atoms with Crippen LogP contribution in [0.5, 0.6) is 5.75 Å². The summed E-state index contributed by atoms with van der Waals surface area (Å²) < 4.78 is 20.0. The summed E-state index contributed by atoms with van der Waals surface area (Å²) in [6.45, 7) is 0.357. The largest absolute Gasteiger partial charge is 0.489 e. The first-order valence-electron chi connectivity index (χ1n) is 13.9. The number of thiazole rings is 1. The first-order valence-corrected chi connectivity index (χ1v) is 16.0. The maximum atomic E-state index is 13.9. The van der Waals surface area contributed by atoms with Gasteiger partial charge < -0.3 is 9.72 Å². The van der Waals surface area contributed by atoms with Gasteiger partial charge in [0.2, 0.25) is 11.8 Å². The van der Waals surface area contributed by atoms with Gasteiger partial charge in [-0.05, 0) is 72.2 Å². The molecule has 0 radical (unpaired) electrons. The fraction of sp³-hybridized carbons (Fsp3) is 0.281. The van der Waals surface area contributed by atoms with E-state index in [0.29, 0.717) is 17.3 Å². The molecule has 1 N–H and O–H groups in total. The van der Waals surface area contributed by atoms with Gasteiger partial charge in [-0.3, -0.25) is 19.3 Å². The van der Waals surface area contributed by atoms with Crippen LogP contribution in [0.3, 0.4) is 0 Å². The Balaban J connectivity index is 1.18. The number of benzene rings is 3. The van der Waals surface area contributed by atoms with Crippen molar-refractivity contribution in [1.29, 1.82) is 0 Å². The third-order valence-corrected chi connectivity index (χ3v) is 12.2. The summed E-state index contributed by atoms with van der Waals surface area (Å²) in [5.74, 6) is -1.07. The first kappa shape index (κ1) is 26.2. The third kappa shape index (κ3) is 3.93. The number of carbonyl (C=O) groups is 2. The number of aromatic nitrogens is 1. The van der Waals surface area contributed by atoms with Crippen LogP contribution >= 0.6 is 34.7 Å². The number of imide groups is 1. The maximum Gasteiger partial charge on any atom is 0.305 e. The molecule has 6 nitrogen and oxygen atoms in total. The van der Waals surface area contributed by atoms with E-state index in [1.165, 1.54) is 40.5 Å². The van der Waals surface area contributed by atoms with Crippen LogP contribution < -0.4 is 14.5 Å². The summed E-state index contributed by atoms with van der Waals surface area (Å²) in [6.07, 6.45) is 0.788. The van der Waals surface area contributed by atoms with E-state index in [0.717, 1.165) is 33.2 Å². The van der Waals surface area contributed by atoms with E-state index in [-0.39, 0.29) is 45.6 Å². The maximum absolute atomic E-state index is 13.9. The molecule has 3 aromatic carbocycles. The lowest BCUT2D eigenvalue weighted by Crippen LogP contribution is -2.42. The van der Waals surface area contributed by atoms with E-state index >= 15 is 0 Å². The van der Waals surface area contributed by atoms with Gasteiger partial charge in [0, 0.05) is 26.6 Å². The lowest BCUT2D eigenvalue weighted by atomic mass is 9.68. The van der Waals surface area contributed by atoms with E-state index in [1.807, 2.05) is 42.5 Å². The lowest BCUT2D eigenvalue weighted by Gasteiger charge is -2.43. The Hall–Kier alpha value is -3.40. The predicted molar refractivity (Wildman–Crippen MR) is 160 cm³/mol. The minimum absolute atomic E-state index is 0.00176. The van der Waals surface area contributed by atoms with Gasteiger partial charge >= 0.3 is 4.87 Å². The zero-order valence-electron chi connectivity index (χ0n) is 22.0. The van der Waals surface area contributed by atoms with Crippen LogP contribution in [0, 0.1) is 35.4 Å². The van der Waals surface area contributed by atoms with Gasteiger partial charge in [-0.2, -0.15) is 0 Å². The average Bonchev–Trinajstić information content (AvgIpc) is 3.72. The van der Waals surface area contributed by atoms with Crippen LogP contribution in [0.2, 0.25) is 5.02 Å². The quantitative estimate of drug-likeness (QED) is 0.259. The second-order valence-corrected chi connectivity index (χ2v) is 14.0. The first-order chi connectivity index (χ1) is 20.4. The number of fused-ring (bicyclic) bond motifs is 9. The summed E-state index contributed by atoms with van der Waals surface area (Å²) >= 11 is 8.93. The van der Waals surface area contributed by atoms with Crippen molar-refractivity contribution < 1.29 is 18.7 Å². The van der Waals surface area contributed by atoms with Crippen molar-refractivity contribution in [3.63, 3.8) is 0 Å². The summed E-state index contributed by atoms with van der Waals surface area (Å²) in [6, 6.07) is 21.0. The number of halogens is 2. The number of aromatic amines is 1. The van der Waals surface area contributed by atoms with E-state index in [4.69, 9.17) is 16.3 Å². The molecule has 1 aromatic heterocycles. The number of ether oxygens (including phenoxy) is 1. The fourth-order valence-corrected chi connectivity index (χ4v) is 10.8. The molecule has 3 fully saturated rings. The SMILES string of the molecule is O=C1C2C3CC(C2C(=O)N1c1ccc(F)cc1)C1C3Sc2[nH]c(=O)sc2[C@@H]1c1ccccc1OCc1ccc(Cl)cc1. The van der Waals surface area contributed by atoms with Gasteiger partial charge in [0.1, 0.15) is 18.2 Å². The van der Waals surface area contributed by atoms with Gasteiger partial charge in [0.05, 0.1) is 22.5 Å². The van der Waals surface area contributed by atoms with Crippen molar-refractivity contribution in [2.45, 2.75) is 29.2 Å². The molecular formula is C32H24ClFN2O4S2. The number of amides is 2. The second kappa shape index (κ2) is 9.82. The zero-order chi connectivity index (χ0) is 28.7. The van der Waals surface area contributed by atoms with Gasteiger partial charge in [0.25, 0.3) is 0 Å². The zero-order valence-corrected chi connectivity index (χ0v) is 24.4. The fourth-order valence-electron chi connectivity index (χ4n) is 7.82. The number of para-hydroxylation sites is 1. The number of hydrogen-bond donors (Lipinski definition) is 1. The van der Waals surface area contributed by atoms with E-state index < -0.39 is 17.7 Å².